The van der Waals surface area contributed by atoms with E-state index in [4.69, 9.17) is 16.3 Å². The summed E-state index contributed by atoms with van der Waals surface area (Å²) in [6, 6.07) is 11.1. The van der Waals surface area contributed by atoms with Crippen LogP contribution < -0.4 is 14.8 Å². The molecule has 33 heavy (non-hydrogen) atoms. The Balaban J connectivity index is 1.59. The van der Waals surface area contributed by atoms with Crippen LogP contribution in [0.1, 0.15) is 11.1 Å². The predicted octanol–water partition coefficient (Wildman–Crippen LogP) is 4.35. The Morgan fingerprint density at radius 2 is 1.97 bits per heavy atom. The van der Waals surface area contributed by atoms with E-state index in [1.54, 1.807) is 24.3 Å². The fourth-order valence-corrected chi connectivity index (χ4v) is 4.06. The molecule has 1 aliphatic heterocycles. The minimum Gasteiger partial charge on any atom is -0.493 e. The number of thioether (sulfide) groups is 1. The van der Waals surface area contributed by atoms with Crippen LogP contribution in [-0.4, -0.2) is 48.8 Å². The lowest BCUT2D eigenvalue weighted by Crippen LogP contribution is -2.37. The number of carbonyl (C=O) groups excluding carboxylic acids is 3. The first kappa shape index (κ1) is 24.5. The summed E-state index contributed by atoms with van der Waals surface area (Å²) in [6.45, 7) is -2.92. The smallest absolute Gasteiger partial charge is 0.387 e. The first-order valence-electron chi connectivity index (χ1n) is 9.67. The molecule has 0 saturated carbocycles. The molecule has 0 unspecified atom stereocenters. The number of methoxy groups -OCH3 is 1. The second kappa shape index (κ2) is 11.2. The number of rotatable bonds is 9. The highest BCUT2D eigenvalue weighted by molar-refractivity contribution is 8.18. The molecule has 1 N–H and O–H groups in total. The van der Waals surface area contributed by atoms with Crippen LogP contribution in [-0.2, 0) is 16.0 Å². The summed E-state index contributed by atoms with van der Waals surface area (Å²) >= 11 is 6.79. The third kappa shape index (κ3) is 6.45. The molecule has 0 atom stereocenters. The first-order chi connectivity index (χ1) is 15.8. The number of benzene rings is 2. The highest BCUT2D eigenvalue weighted by Gasteiger charge is 2.34. The van der Waals surface area contributed by atoms with Crippen LogP contribution >= 0.6 is 23.4 Å². The van der Waals surface area contributed by atoms with Crippen LogP contribution in [0.4, 0.5) is 13.6 Å². The second-order valence-corrected chi connectivity index (χ2v) is 8.14. The molecule has 1 saturated heterocycles. The normalized spacial score (nSPS) is 14.8. The number of carbonyl (C=O) groups is 3. The van der Waals surface area contributed by atoms with Crippen LogP contribution in [0.2, 0.25) is 5.02 Å². The fraction of sp³-hybridized carbons (Fsp3) is 0.227. The van der Waals surface area contributed by atoms with Gasteiger partial charge in [0.05, 0.1) is 18.4 Å². The summed E-state index contributed by atoms with van der Waals surface area (Å²) in [7, 11) is 1.30. The quantitative estimate of drug-likeness (QED) is 0.520. The molecule has 2 aromatic rings. The summed E-state index contributed by atoms with van der Waals surface area (Å²) in [6.07, 6.45) is 1.53. The van der Waals surface area contributed by atoms with E-state index in [9.17, 15) is 23.2 Å². The minimum atomic E-state index is -3.01. The van der Waals surface area contributed by atoms with E-state index in [1.807, 2.05) is 0 Å². The van der Waals surface area contributed by atoms with Crippen molar-refractivity contribution in [2.45, 2.75) is 13.0 Å². The molecule has 2 aromatic carbocycles. The molecule has 0 aromatic heterocycles. The van der Waals surface area contributed by atoms with Gasteiger partial charge >= 0.3 is 6.61 Å². The maximum absolute atomic E-state index is 12.6. The van der Waals surface area contributed by atoms with Gasteiger partial charge in [0.2, 0.25) is 5.91 Å². The Bertz CT molecular complexity index is 1100. The number of alkyl halides is 2. The lowest BCUT2D eigenvalue weighted by Gasteiger charge is -2.13. The molecule has 1 aliphatic rings. The largest absolute Gasteiger partial charge is 0.493 e. The van der Waals surface area contributed by atoms with Crippen molar-refractivity contribution < 1.29 is 32.6 Å². The van der Waals surface area contributed by atoms with Crippen LogP contribution in [0.3, 0.4) is 0 Å². The Hall–Kier alpha value is -3.11. The number of amides is 3. The summed E-state index contributed by atoms with van der Waals surface area (Å²) in [4.78, 5) is 38.2. The molecule has 3 amide bonds. The Labute approximate surface area is 197 Å². The average Bonchev–Trinajstić information content (AvgIpc) is 3.03. The van der Waals surface area contributed by atoms with E-state index in [0.29, 0.717) is 16.1 Å². The topological polar surface area (TPSA) is 84.9 Å². The number of halogens is 3. The van der Waals surface area contributed by atoms with Gasteiger partial charge in [-0.25, -0.2) is 0 Å². The van der Waals surface area contributed by atoms with E-state index < -0.39 is 17.8 Å². The van der Waals surface area contributed by atoms with Crippen molar-refractivity contribution in [2.24, 2.45) is 0 Å². The van der Waals surface area contributed by atoms with Crippen molar-refractivity contribution in [1.82, 2.24) is 10.2 Å². The molecule has 0 bridgehead atoms. The molecule has 0 aliphatic carbocycles. The molecule has 0 radical (unpaired) electrons. The van der Waals surface area contributed by atoms with Gasteiger partial charge < -0.3 is 14.8 Å². The van der Waals surface area contributed by atoms with E-state index in [1.165, 1.54) is 31.4 Å². The predicted molar refractivity (Wildman–Crippen MR) is 120 cm³/mol. The molecule has 7 nitrogen and oxygen atoms in total. The van der Waals surface area contributed by atoms with Gasteiger partial charge in [-0.2, -0.15) is 8.78 Å². The molecule has 1 heterocycles. The number of hydrogen-bond donors (Lipinski definition) is 1. The van der Waals surface area contributed by atoms with Gasteiger partial charge in [0, 0.05) is 18.1 Å². The average molecular weight is 497 g/mol. The minimum absolute atomic E-state index is 0.000750. The lowest BCUT2D eigenvalue weighted by molar-refractivity contribution is -0.124. The summed E-state index contributed by atoms with van der Waals surface area (Å²) < 4.78 is 34.3. The highest BCUT2D eigenvalue weighted by atomic mass is 35.5. The van der Waals surface area contributed by atoms with Crippen molar-refractivity contribution >= 4 is 46.5 Å². The number of imide groups is 1. The standard InChI is InChI=1S/C22H19ClF2N2O5S/c1-31-17-10-13(6-7-16(17)32-21(24)25)11-18-20(29)27(22(30)33-18)9-8-26-19(28)12-14-4-2-3-5-15(14)23/h2-7,10-11,21H,8-9,12H2,1H3,(H,26,28)/b18-11-. The van der Waals surface area contributed by atoms with Crippen molar-refractivity contribution in [3.05, 3.63) is 63.5 Å². The Morgan fingerprint density at radius 3 is 2.67 bits per heavy atom. The van der Waals surface area contributed by atoms with Gasteiger partial charge in [0.1, 0.15) is 0 Å². The van der Waals surface area contributed by atoms with Gasteiger partial charge in [-0.3, -0.25) is 19.3 Å². The van der Waals surface area contributed by atoms with Gasteiger partial charge in [-0.15, -0.1) is 0 Å². The van der Waals surface area contributed by atoms with Gasteiger partial charge in [0.15, 0.2) is 11.5 Å². The second-order valence-electron chi connectivity index (χ2n) is 6.74. The third-order valence-corrected chi connectivity index (χ3v) is 5.82. The zero-order valence-corrected chi connectivity index (χ0v) is 18.9. The van der Waals surface area contributed by atoms with E-state index >= 15 is 0 Å². The Kier molecular flexibility index (Phi) is 8.29. The van der Waals surface area contributed by atoms with Crippen LogP contribution in [0.25, 0.3) is 6.08 Å². The molecular weight excluding hydrogens is 478 g/mol. The third-order valence-electron chi connectivity index (χ3n) is 4.54. The Morgan fingerprint density at radius 1 is 1.21 bits per heavy atom. The first-order valence-corrected chi connectivity index (χ1v) is 10.9. The number of nitrogens with zero attached hydrogens (tertiary/aromatic N) is 1. The molecule has 11 heteroatoms. The van der Waals surface area contributed by atoms with E-state index in [-0.39, 0.29) is 41.8 Å². The summed E-state index contributed by atoms with van der Waals surface area (Å²) in [5.41, 5.74) is 1.14. The highest BCUT2D eigenvalue weighted by Crippen LogP contribution is 2.34. The van der Waals surface area contributed by atoms with Gasteiger partial charge in [0.25, 0.3) is 11.1 Å². The number of hydrogen-bond acceptors (Lipinski definition) is 6. The van der Waals surface area contributed by atoms with Crippen molar-refractivity contribution in [1.29, 1.82) is 0 Å². The molecule has 1 fully saturated rings. The van der Waals surface area contributed by atoms with Crippen molar-refractivity contribution in [3.8, 4) is 11.5 Å². The number of ether oxygens (including phenoxy) is 2. The zero-order chi connectivity index (χ0) is 24.0. The summed E-state index contributed by atoms with van der Waals surface area (Å²) in [5.74, 6) is -0.893. The van der Waals surface area contributed by atoms with Crippen LogP contribution in [0.5, 0.6) is 11.5 Å². The SMILES string of the molecule is COc1cc(/C=C2\SC(=O)N(CCNC(=O)Cc3ccccc3Cl)C2=O)ccc1OC(F)F. The maximum atomic E-state index is 12.6. The van der Waals surface area contributed by atoms with Crippen molar-refractivity contribution in [3.63, 3.8) is 0 Å². The van der Waals surface area contributed by atoms with Crippen molar-refractivity contribution in [2.75, 3.05) is 20.2 Å². The number of nitrogens with one attached hydrogen (secondary N) is 1. The van der Waals surface area contributed by atoms with E-state index in [2.05, 4.69) is 10.1 Å². The van der Waals surface area contributed by atoms with Crippen LogP contribution in [0.15, 0.2) is 47.4 Å². The zero-order valence-electron chi connectivity index (χ0n) is 17.3. The molecular formula is C22H19ClF2N2O5S. The molecule has 0 spiro atoms. The summed E-state index contributed by atoms with van der Waals surface area (Å²) in [5, 5.41) is 2.67. The monoisotopic (exact) mass is 496 g/mol. The molecule has 174 valence electrons. The molecule has 3 rings (SSSR count). The van der Waals surface area contributed by atoms with Crippen LogP contribution in [0, 0.1) is 0 Å². The fourth-order valence-electron chi connectivity index (χ4n) is 3.00. The van der Waals surface area contributed by atoms with Gasteiger partial charge in [-0.05, 0) is 47.2 Å². The maximum Gasteiger partial charge on any atom is 0.387 e. The van der Waals surface area contributed by atoms with Gasteiger partial charge in [-0.1, -0.05) is 35.9 Å². The lowest BCUT2D eigenvalue weighted by atomic mass is 10.1. The van der Waals surface area contributed by atoms with E-state index in [0.717, 1.165) is 16.7 Å².